The number of benzene rings is 3. The van der Waals surface area contributed by atoms with Crippen molar-refractivity contribution < 1.29 is 28.6 Å². The largest absolute Gasteiger partial charge is 0.490 e. The van der Waals surface area contributed by atoms with Crippen molar-refractivity contribution in [1.29, 1.82) is 0 Å². The van der Waals surface area contributed by atoms with Crippen molar-refractivity contribution in [1.82, 2.24) is 10.6 Å². The van der Waals surface area contributed by atoms with Gasteiger partial charge in [-0.15, -0.1) is 0 Å². The summed E-state index contributed by atoms with van der Waals surface area (Å²) in [7, 11) is 1.86. The molecular formula is C31H34Cl2N2O6. The fourth-order valence-electron chi connectivity index (χ4n) is 3.88. The molecule has 1 atom stereocenters. The molecule has 1 amide bonds. The molecule has 0 heterocycles. The number of hydrogen-bond acceptors (Lipinski definition) is 7. The van der Waals surface area contributed by atoms with Crippen molar-refractivity contribution in [2.75, 3.05) is 20.2 Å². The molecule has 0 bridgehead atoms. The van der Waals surface area contributed by atoms with E-state index < -0.39 is 30.0 Å². The van der Waals surface area contributed by atoms with Crippen molar-refractivity contribution in [2.45, 2.75) is 45.3 Å². The molecular weight excluding hydrogens is 567 g/mol. The molecule has 0 aliphatic heterocycles. The zero-order chi connectivity index (χ0) is 29.8. The second-order valence-electron chi connectivity index (χ2n) is 9.49. The minimum atomic E-state index is -1.04. The Kier molecular flexibility index (Phi) is 12.5. The van der Waals surface area contributed by atoms with Gasteiger partial charge in [0.25, 0.3) is 5.91 Å². The van der Waals surface area contributed by atoms with Gasteiger partial charge in [-0.05, 0) is 64.0 Å². The molecule has 41 heavy (non-hydrogen) atoms. The predicted octanol–water partition coefficient (Wildman–Crippen LogP) is 5.88. The van der Waals surface area contributed by atoms with Crippen LogP contribution in [0.4, 0.5) is 0 Å². The highest BCUT2D eigenvalue weighted by Gasteiger charge is 2.29. The van der Waals surface area contributed by atoms with Crippen LogP contribution >= 0.6 is 23.2 Å². The summed E-state index contributed by atoms with van der Waals surface area (Å²) < 4.78 is 16.9. The molecule has 0 unspecified atom stereocenters. The molecule has 0 aliphatic rings. The summed E-state index contributed by atoms with van der Waals surface area (Å²) in [5.74, 6) is -2.22. The third kappa shape index (κ3) is 9.49. The first-order valence-electron chi connectivity index (χ1n) is 13.3. The van der Waals surface area contributed by atoms with Gasteiger partial charge in [-0.1, -0.05) is 71.7 Å². The van der Waals surface area contributed by atoms with E-state index in [0.717, 1.165) is 18.5 Å². The van der Waals surface area contributed by atoms with E-state index >= 15 is 0 Å². The summed E-state index contributed by atoms with van der Waals surface area (Å²) in [5, 5.41) is 5.69. The maximum atomic E-state index is 13.6. The molecule has 0 saturated heterocycles. The fraction of sp³-hybridized carbons (Fsp3) is 0.323. The molecule has 0 aromatic heterocycles. The van der Waals surface area contributed by atoms with Crippen LogP contribution in [-0.4, -0.2) is 50.2 Å². The van der Waals surface area contributed by atoms with Crippen LogP contribution in [0.2, 0.25) is 10.0 Å². The molecule has 0 fully saturated rings. The second kappa shape index (κ2) is 16.0. The highest BCUT2D eigenvalue weighted by atomic mass is 35.5. The monoisotopic (exact) mass is 600 g/mol. The summed E-state index contributed by atoms with van der Waals surface area (Å²) in [5.41, 5.74) is 0.927. The molecule has 3 aromatic carbocycles. The molecule has 10 heteroatoms. The highest BCUT2D eigenvalue weighted by molar-refractivity contribution is 6.39. The highest BCUT2D eigenvalue weighted by Crippen LogP contribution is 2.43. The first kappa shape index (κ1) is 31.9. The van der Waals surface area contributed by atoms with Crippen LogP contribution in [0.1, 0.15) is 53.0 Å². The standard InChI is InChI=1S/C31H34Cl2N2O6/c1-20(2)40-31(38)25(18-21-12-6-4-7-13-21)35-29(36)23-19-24(32)28(39-17-11-10-16-34-3)26(33)27(23)41-30(37)22-14-8-5-9-15-22/h4-9,12-15,19-20,25,34H,10-11,16-18H2,1-3H3,(H,35,36)/t25-/m0/s1. The van der Waals surface area contributed by atoms with Crippen LogP contribution < -0.4 is 20.1 Å². The van der Waals surface area contributed by atoms with Crippen molar-refractivity contribution in [2.24, 2.45) is 0 Å². The maximum Gasteiger partial charge on any atom is 0.343 e. The number of rotatable bonds is 14. The third-order valence-electron chi connectivity index (χ3n) is 5.87. The Morgan fingerprint density at radius 2 is 1.56 bits per heavy atom. The first-order chi connectivity index (χ1) is 19.7. The van der Waals surface area contributed by atoms with Gasteiger partial charge in [0, 0.05) is 6.42 Å². The minimum Gasteiger partial charge on any atom is -0.490 e. The van der Waals surface area contributed by atoms with Gasteiger partial charge in [-0.3, -0.25) is 4.79 Å². The van der Waals surface area contributed by atoms with E-state index in [4.69, 9.17) is 37.4 Å². The summed E-state index contributed by atoms with van der Waals surface area (Å²) in [6, 6.07) is 17.7. The lowest BCUT2D eigenvalue weighted by Gasteiger charge is -2.21. The molecule has 3 aromatic rings. The molecule has 0 aliphatic carbocycles. The maximum absolute atomic E-state index is 13.6. The number of unbranched alkanes of at least 4 members (excludes halogenated alkanes) is 1. The van der Waals surface area contributed by atoms with E-state index in [1.807, 2.05) is 37.4 Å². The van der Waals surface area contributed by atoms with Gasteiger partial charge in [-0.25, -0.2) is 9.59 Å². The summed E-state index contributed by atoms with van der Waals surface area (Å²) in [4.78, 5) is 39.6. The van der Waals surface area contributed by atoms with Crippen LogP contribution in [0.5, 0.6) is 11.5 Å². The van der Waals surface area contributed by atoms with E-state index in [-0.39, 0.29) is 39.1 Å². The lowest BCUT2D eigenvalue weighted by Crippen LogP contribution is -2.44. The molecule has 0 saturated carbocycles. The first-order valence-corrected chi connectivity index (χ1v) is 14.1. The third-order valence-corrected chi connectivity index (χ3v) is 6.50. The number of carbonyl (C=O) groups excluding carboxylic acids is 3. The Balaban J connectivity index is 1.96. The quantitative estimate of drug-likeness (QED) is 0.135. The van der Waals surface area contributed by atoms with Crippen molar-refractivity contribution >= 4 is 41.0 Å². The van der Waals surface area contributed by atoms with Crippen molar-refractivity contribution in [3.05, 3.63) is 93.5 Å². The van der Waals surface area contributed by atoms with E-state index in [1.165, 1.54) is 6.07 Å². The lowest BCUT2D eigenvalue weighted by atomic mass is 10.0. The van der Waals surface area contributed by atoms with Crippen LogP contribution in [0.15, 0.2) is 66.7 Å². The molecule has 0 spiro atoms. The van der Waals surface area contributed by atoms with Gasteiger partial charge in [-0.2, -0.15) is 0 Å². The predicted molar refractivity (Wildman–Crippen MR) is 159 cm³/mol. The number of carbonyl (C=O) groups is 3. The molecule has 8 nitrogen and oxygen atoms in total. The topological polar surface area (TPSA) is 103 Å². The number of nitrogens with one attached hydrogen (secondary N) is 2. The number of amides is 1. The van der Waals surface area contributed by atoms with Crippen LogP contribution in [0.3, 0.4) is 0 Å². The molecule has 0 radical (unpaired) electrons. The van der Waals surface area contributed by atoms with E-state index in [0.29, 0.717) is 13.0 Å². The Morgan fingerprint density at radius 3 is 2.20 bits per heavy atom. The van der Waals surface area contributed by atoms with E-state index in [9.17, 15) is 14.4 Å². The Hall–Kier alpha value is -3.59. The second-order valence-corrected chi connectivity index (χ2v) is 10.3. The zero-order valence-corrected chi connectivity index (χ0v) is 24.8. The average Bonchev–Trinajstić information content (AvgIpc) is 2.96. The van der Waals surface area contributed by atoms with Crippen LogP contribution in [-0.2, 0) is 16.0 Å². The Bertz CT molecular complexity index is 1320. The fourth-order valence-corrected chi connectivity index (χ4v) is 4.49. The molecule has 218 valence electrons. The summed E-state index contributed by atoms with van der Waals surface area (Å²) in [6.45, 7) is 4.56. The average molecular weight is 602 g/mol. The zero-order valence-electron chi connectivity index (χ0n) is 23.2. The van der Waals surface area contributed by atoms with Crippen molar-refractivity contribution in [3.8, 4) is 11.5 Å². The van der Waals surface area contributed by atoms with Crippen molar-refractivity contribution in [3.63, 3.8) is 0 Å². The van der Waals surface area contributed by atoms with E-state index in [1.54, 1.807) is 44.2 Å². The smallest absolute Gasteiger partial charge is 0.343 e. The van der Waals surface area contributed by atoms with E-state index in [2.05, 4.69) is 10.6 Å². The van der Waals surface area contributed by atoms with Gasteiger partial charge in [0.1, 0.15) is 11.1 Å². The van der Waals surface area contributed by atoms with Crippen LogP contribution in [0.25, 0.3) is 0 Å². The number of esters is 2. The van der Waals surface area contributed by atoms with Gasteiger partial charge in [0.05, 0.1) is 28.9 Å². The normalized spacial score (nSPS) is 11.6. The summed E-state index contributed by atoms with van der Waals surface area (Å²) in [6.07, 6.45) is 1.35. The minimum absolute atomic E-state index is 0.0534. The van der Waals surface area contributed by atoms with Gasteiger partial charge >= 0.3 is 11.9 Å². The SMILES string of the molecule is CNCCCCOc1c(Cl)cc(C(=O)N[C@@H](Cc2ccccc2)C(=O)OC(C)C)c(OC(=O)c2ccccc2)c1Cl. The lowest BCUT2D eigenvalue weighted by molar-refractivity contribution is -0.149. The number of ether oxygens (including phenoxy) is 3. The summed E-state index contributed by atoms with van der Waals surface area (Å²) >= 11 is 13.2. The number of hydrogen-bond donors (Lipinski definition) is 2. The number of halogens is 2. The van der Waals surface area contributed by atoms with Gasteiger partial charge in [0.15, 0.2) is 11.5 Å². The Morgan fingerprint density at radius 1 is 0.902 bits per heavy atom. The molecule has 2 N–H and O–H groups in total. The van der Waals surface area contributed by atoms with Gasteiger partial charge < -0.3 is 24.8 Å². The molecule has 3 rings (SSSR count). The Labute approximate surface area is 250 Å². The van der Waals surface area contributed by atoms with Crippen LogP contribution in [0, 0.1) is 0 Å². The van der Waals surface area contributed by atoms with Gasteiger partial charge in [0.2, 0.25) is 0 Å².